The summed E-state index contributed by atoms with van der Waals surface area (Å²) >= 11 is 0. The molecule has 7 heteroatoms. The largest absolute Gasteiger partial charge is 0.394 e. The Balaban J connectivity index is 2.18. The Kier molecular flexibility index (Phi) is 2.82. The Labute approximate surface area is 97.7 Å². The van der Waals surface area contributed by atoms with Gasteiger partial charge in [0.15, 0.2) is 0 Å². The number of aliphatic hydroxyl groups is 1. The fraction of sp³-hybridized carbons (Fsp3) is 0.800. The van der Waals surface area contributed by atoms with Crippen molar-refractivity contribution in [3.05, 3.63) is 0 Å². The van der Waals surface area contributed by atoms with Crippen LogP contribution in [0.5, 0.6) is 0 Å². The van der Waals surface area contributed by atoms with Gasteiger partial charge in [-0.2, -0.15) is 0 Å². The van der Waals surface area contributed by atoms with Crippen LogP contribution in [0.1, 0.15) is 20.3 Å². The van der Waals surface area contributed by atoms with Crippen molar-refractivity contribution >= 4 is 11.9 Å². The van der Waals surface area contributed by atoms with Gasteiger partial charge in [0, 0.05) is 6.42 Å². The fourth-order valence-corrected chi connectivity index (χ4v) is 2.17. The van der Waals surface area contributed by atoms with Gasteiger partial charge < -0.3 is 9.84 Å². The van der Waals surface area contributed by atoms with E-state index in [2.05, 4.69) is 5.32 Å². The first-order valence-corrected chi connectivity index (χ1v) is 5.43. The predicted molar refractivity (Wildman–Crippen MR) is 54.7 cm³/mol. The van der Waals surface area contributed by atoms with Gasteiger partial charge in [0.05, 0.1) is 6.61 Å². The maximum Gasteiger partial charge on any atom is 0.327 e. The number of aliphatic hydroxyl groups excluding tert-OH is 1. The summed E-state index contributed by atoms with van der Waals surface area (Å²) in [5.41, 5.74) is -1.06. The van der Waals surface area contributed by atoms with Crippen molar-refractivity contribution in [3.8, 4) is 0 Å². The number of rotatable bonds is 2. The fourth-order valence-electron chi connectivity index (χ4n) is 2.17. The van der Waals surface area contributed by atoms with Crippen LogP contribution >= 0.6 is 0 Å². The molecule has 3 amide bonds. The van der Waals surface area contributed by atoms with Crippen LogP contribution in [0, 0.1) is 0 Å². The van der Waals surface area contributed by atoms with Crippen molar-refractivity contribution in [2.45, 2.75) is 44.3 Å². The maximum absolute atomic E-state index is 13.4. The number of nitrogens with one attached hydrogen (secondary N) is 1. The third kappa shape index (κ3) is 1.79. The summed E-state index contributed by atoms with van der Waals surface area (Å²) in [5.74, 6) is -0.436. The Morgan fingerprint density at radius 2 is 2.24 bits per heavy atom. The molecule has 2 rings (SSSR count). The number of alkyl halides is 1. The zero-order chi connectivity index (χ0) is 12.8. The summed E-state index contributed by atoms with van der Waals surface area (Å²) in [6.45, 7) is 2.69. The summed E-state index contributed by atoms with van der Waals surface area (Å²) in [4.78, 5) is 24.3. The number of halogens is 1. The quantitative estimate of drug-likeness (QED) is 0.659. The van der Waals surface area contributed by atoms with Crippen LogP contribution in [0.15, 0.2) is 0 Å². The van der Waals surface area contributed by atoms with E-state index >= 15 is 0 Å². The molecular weight excluding hydrogens is 231 g/mol. The number of ether oxygens (including phenoxy) is 1. The van der Waals surface area contributed by atoms with E-state index in [1.807, 2.05) is 0 Å². The highest BCUT2D eigenvalue weighted by atomic mass is 19.1. The summed E-state index contributed by atoms with van der Waals surface area (Å²) in [6.07, 6.45) is -3.11. The van der Waals surface area contributed by atoms with Crippen LogP contribution in [-0.4, -0.2) is 52.6 Å². The smallest absolute Gasteiger partial charge is 0.327 e. The van der Waals surface area contributed by atoms with Crippen LogP contribution in [0.3, 0.4) is 0 Å². The monoisotopic (exact) mass is 246 g/mol. The van der Waals surface area contributed by atoms with E-state index < -0.39 is 42.6 Å². The van der Waals surface area contributed by atoms with Gasteiger partial charge in [0.1, 0.15) is 24.0 Å². The lowest BCUT2D eigenvalue weighted by molar-refractivity contribution is -0.130. The van der Waals surface area contributed by atoms with E-state index in [-0.39, 0.29) is 6.42 Å². The molecule has 0 radical (unpaired) electrons. The second-order valence-electron chi connectivity index (χ2n) is 4.75. The van der Waals surface area contributed by atoms with Gasteiger partial charge in [-0.05, 0) is 13.8 Å². The number of imide groups is 1. The van der Waals surface area contributed by atoms with Gasteiger partial charge in [0.2, 0.25) is 0 Å². The molecule has 3 atom stereocenters. The number of hydrogen-bond acceptors (Lipinski definition) is 4. The van der Waals surface area contributed by atoms with Gasteiger partial charge >= 0.3 is 6.03 Å². The highest BCUT2D eigenvalue weighted by molar-refractivity contribution is 6.06. The second-order valence-corrected chi connectivity index (χ2v) is 4.75. The minimum Gasteiger partial charge on any atom is -0.394 e. The molecule has 2 N–H and O–H groups in total. The Morgan fingerprint density at radius 3 is 2.65 bits per heavy atom. The van der Waals surface area contributed by atoms with Crippen LogP contribution < -0.4 is 5.32 Å². The molecule has 2 saturated heterocycles. The van der Waals surface area contributed by atoms with Gasteiger partial charge in [-0.3, -0.25) is 15.0 Å². The molecule has 2 fully saturated rings. The molecular formula is C10H15FN2O4. The first-order valence-electron chi connectivity index (χ1n) is 5.43. The predicted octanol–water partition coefficient (Wildman–Crippen LogP) is -0.238. The third-order valence-electron chi connectivity index (χ3n) is 3.23. The standard InChI is InChI=1S/C10H15FN2O4/c1-10(2)8(15)12-9(16)13(10)7-3-5(11)6(4-14)17-7/h5-7,14H,3-4H2,1-2H3,(H,12,15,16)/t5-,6+,7-/m0/s1. The average Bonchev–Trinajstić information content (AvgIpc) is 2.66. The van der Waals surface area contributed by atoms with Gasteiger partial charge in [-0.25, -0.2) is 9.18 Å². The molecule has 2 aliphatic rings. The lowest BCUT2D eigenvalue weighted by Crippen LogP contribution is -2.50. The molecule has 0 aliphatic carbocycles. The highest BCUT2D eigenvalue weighted by Gasteiger charge is 2.52. The maximum atomic E-state index is 13.4. The first-order chi connectivity index (χ1) is 7.87. The molecule has 0 aromatic carbocycles. The minimum absolute atomic E-state index is 0.0324. The average molecular weight is 246 g/mol. The van der Waals surface area contributed by atoms with Crippen molar-refractivity contribution in [1.82, 2.24) is 10.2 Å². The zero-order valence-corrected chi connectivity index (χ0v) is 9.64. The number of hydrogen-bond donors (Lipinski definition) is 2. The molecule has 0 bridgehead atoms. The van der Waals surface area contributed by atoms with Crippen LogP contribution in [0.2, 0.25) is 0 Å². The summed E-state index contributed by atoms with van der Waals surface area (Å²) in [6, 6.07) is -0.587. The normalized spacial score (nSPS) is 36.5. The summed E-state index contributed by atoms with van der Waals surface area (Å²) in [7, 11) is 0. The number of nitrogens with zero attached hydrogens (tertiary/aromatic N) is 1. The van der Waals surface area contributed by atoms with E-state index in [1.165, 1.54) is 4.90 Å². The minimum atomic E-state index is -1.33. The second kappa shape index (κ2) is 3.92. The van der Waals surface area contributed by atoms with Gasteiger partial charge in [-0.15, -0.1) is 0 Å². The highest BCUT2D eigenvalue weighted by Crippen LogP contribution is 2.32. The summed E-state index contributed by atoms with van der Waals surface area (Å²) in [5, 5.41) is 11.1. The molecule has 2 heterocycles. The SMILES string of the molecule is CC1(C)C(=O)NC(=O)N1[C@@H]1C[C@H](F)[C@@H](CO)O1. The number of amides is 3. The Bertz CT molecular complexity index is 360. The van der Waals surface area contributed by atoms with E-state index in [0.29, 0.717) is 0 Å². The van der Waals surface area contributed by atoms with Crippen molar-refractivity contribution in [2.24, 2.45) is 0 Å². The zero-order valence-electron chi connectivity index (χ0n) is 9.64. The molecule has 0 unspecified atom stereocenters. The Hall–Kier alpha value is -1.21. The number of carbonyl (C=O) groups is 2. The van der Waals surface area contributed by atoms with Crippen LogP contribution in [-0.2, 0) is 9.53 Å². The lowest BCUT2D eigenvalue weighted by atomic mass is 10.0. The molecule has 17 heavy (non-hydrogen) atoms. The number of urea groups is 1. The van der Waals surface area contributed by atoms with Crippen molar-refractivity contribution in [2.75, 3.05) is 6.61 Å². The molecule has 2 aliphatic heterocycles. The van der Waals surface area contributed by atoms with Crippen LogP contribution in [0.4, 0.5) is 9.18 Å². The first kappa shape index (κ1) is 12.3. The van der Waals surface area contributed by atoms with Crippen molar-refractivity contribution < 1.29 is 23.8 Å². The molecule has 0 spiro atoms. The molecule has 0 saturated carbocycles. The van der Waals surface area contributed by atoms with Crippen molar-refractivity contribution in [1.29, 1.82) is 0 Å². The van der Waals surface area contributed by atoms with Crippen molar-refractivity contribution in [3.63, 3.8) is 0 Å². The van der Waals surface area contributed by atoms with Gasteiger partial charge in [-0.1, -0.05) is 0 Å². The molecule has 96 valence electrons. The van der Waals surface area contributed by atoms with Crippen LogP contribution in [0.25, 0.3) is 0 Å². The topological polar surface area (TPSA) is 78.9 Å². The van der Waals surface area contributed by atoms with E-state index in [4.69, 9.17) is 9.84 Å². The Morgan fingerprint density at radius 1 is 1.59 bits per heavy atom. The summed E-state index contributed by atoms with van der Waals surface area (Å²) < 4.78 is 18.7. The molecule has 0 aromatic rings. The number of carbonyl (C=O) groups excluding carboxylic acids is 2. The van der Waals surface area contributed by atoms with E-state index in [1.54, 1.807) is 13.8 Å². The molecule has 6 nitrogen and oxygen atoms in total. The lowest BCUT2D eigenvalue weighted by Gasteiger charge is -2.32. The third-order valence-corrected chi connectivity index (χ3v) is 3.23. The van der Waals surface area contributed by atoms with Gasteiger partial charge in [0.25, 0.3) is 5.91 Å². The molecule has 0 aromatic heterocycles. The van der Waals surface area contributed by atoms with E-state index in [0.717, 1.165) is 0 Å². The van der Waals surface area contributed by atoms with E-state index in [9.17, 15) is 14.0 Å².